The molecule has 1 aliphatic heterocycles. The molecule has 2 aromatic rings. The molecule has 1 aromatic carbocycles. The van der Waals surface area contributed by atoms with E-state index < -0.39 is 0 Å². The van der Waals surface area contributed by atoms with Crippen LogP contribution < -0.4 is 15.4 Å². The second kappa shape index (κ2) is 6.35. The lowest BCUT2D eigenvalue weighted by Gasteiger charge is -2.18. The zero-order valence-corrected chi connectivity index (χ0v) is 13.5. The van der Waals surface area contributed by atoms with Crippen LogP contribution in [0, 0.1) is 6.92 Å². The van der Waals surface area contributed by atoms with Crippen LogP contribution in [0.15, 0.2) is 18.2 Å². The molecular formula is C15H15N3O4S. The molecule has 0 saturated heterocycles. The van der Waals surface area contributed by atoms with Crippen molar-refractivity contribution < 1.29 is 19.1 Å². The van der Waals surface area contributed by atoms with Gasteiger partial charge in [-0.1, -0.05) is 0 Å². The molecular weight excluding hydrogens is 318 g/mol. The summed E-state index contributed by atoms with van der Waals surface area (Å²) in [6, 6.07) is 5.49. The summed E-state index contributed by atoms with van der Waals surface area (Å²) in [7, 11) is 1.46. The fraction of sp³-hybridized carbons (Fsp3) is 0.267. The highest BCUT2D eigenvalue weighted by Crippen LogP contribution is 2.36. The number of ether oxygens (including phenoxy) is 2. The van der Waals surface area contributed by atoms with Crippen molar-refractivity contribution in [2.24, 2.45) is 0 Å². The van der Waals surface area contributed by atoms with Crippen molar-refractivity contribution in [1.29, 1.82) is 0 Å². The van der Waals surface area contributed by atoms with Gasteiger partial charge in [0, 0.05) is 17.6 Å². The first-order valence-corrected chi connectivity index (χ1v) is 7.72. The number of hydrogen-bond donors (Lipinski definition) is 2. The van der Waals surface area contributed by atoms with Crippen LogP contribution >= 0.6 is 11.3 Å². The fourth-order valence-corrected chi connectivity index (χ4v) is 3.09. The minimum absolute atomic E-state index is 0.0177. The number of nitrogens with one attached hydrogen (secondary N) is 2. The molecule has 120 valence electrons. The van der Waals surface area contributed by atoms with Gasteiger partial charge in [-0.2, -0.15) is 0 Å². The third kappa shape index (κ3) is 3.33. The van der Waals surface area contributed by atoms with Gasteiger partial charge in [-0.3, -0.25) is 14.9 Å². The van der Waals surface area contributed by atoms with Crippen molar-refractivity contribution in [1.82, 2.24) is 4.98 Å². The van der Waals surface area contributed by atoms with E-state index >= 15 is 0 Å². The highest BCUT2D eigenvalue weighted by Gasteiger charge is 2.18. The quantitative estimate of drug-likeness (QED) is 0.893. The third-order valence-corrected chi connectivity index (χ3v) is 4.09. The lowest BCUT2D eigenvalue weighted by molar-refractivity contribution is -0.120. The lowest BCUT2D eigenvalue weighted by atomic mass is 10.1. The number of carbonyl (C=O) groups is 2. The van der Waals surface area contributed by atoms with E-state index in [1.807, 2.05) is 19.1 Å². The van der Waals surface area contributed by atoms with E-state index in [0.29, 0.717) is 16.6 Å². The minimum Gasteiger partial charge on any atom is -0.482 e. The monoisotopic (exact) mass is 333 g/mol. The van der Waals surface area contributed by atoms with Gasteiger partial charge in [0.2, 0.25) is 0 Å². The smallest absolute Gasteiger partial charge is 0.262 e. The van der Waals surface area contributed by atoms with Crippen molar-refractivity contribution in [3.8, 4) is 17.0 Å². The van der Waals surface area contributed by atoms with Crippen LogP contribution in [-0.4, -0.2) is 37.1 Å². The molecule has 0 unspecified atom stereocenters. The molecule has 3 rings (SSSR count). The number of anilines is 2. The molecule has 0 aliphatic carbocycles. The molecule has 0 radical (unpaired) electrons. The average molecular weight is 333 g/mol. The van der Waals surface area contributed by atoms with Gasteiger partial charge in [0.05, 0.1) is 11.4 Å². The van der Waals surface area contributed by atoms with Crippen molar-refractivity contribution >= 4 is 34.0 Å². The maximum absolute atomic E-state index is 11.6. The number of hydrogen-bond acceptors (Lipinski definition) is 6. The topological polar surface area (TPSA) is 89.5 Å². The summed E-state index contributed by atoms with van der Waals surface area (Å²) in [5.74, 6) is 0.200. The number of carbonyl (C=O) groups excluding carboxylic acids is 2. The van der Waals surface area contributed by atoms with Gasteiger partial charge >= 0.3 is 0 Å². The average Bonchev–Trinajstić information content (AvgIpc) is 2.87. The summed E-state index contributed by atoms with van der Waals surface area (Å²) in [5.41, 5.74) is 2.22. The Bertz CT molecular complexity index is 772. The van der Waals surface area contributed by atoms with Gasteiger partial charge < -0.3 is 14.8 Å². The van der Waals surface area contributed by atoms with Crippen LogP contribution in [0.1, 0.15) is 4.88 Å². The van der Waals surface area contributed by atoms with Crippen molar-refractivity contribution in [3.63, 3.8) is 0 Å². The number of aryl methyl sites for hydroxylation is 1. The minimum atomic E-state index is -0.251. The Morgan fingerprint density at radius 3 is 3.13 bits per heavy atom. The van der Waals surface area contributed by atoms with E-state index in [2.05, 4.69) is 15.6 Å². The Morgan fingerprint density at radius 1 is 1.52 bits per heavy atom. The van der Waals surface area contributed by atoms with Crippen LogP contribution in [0.5, 0.6) is 5.75 Å². The van der Waals surface area contributed by atoms with Gasteiger partial charge in [0.25, 0.3) is 11.8 Å². The van der Waals surface area contributed by atoms with Crippen molar-refractivity contribution in [3.05, 3.63) is 23.1 Å². The molecule has 0 saturated carbocycles. The van der Waals surface area contributed by atoms with Crippen LogP contribution in [0.2, 0.25) is 0 Å². The molecule has 7 nitrogen and oxygen atoms in total. The number of aromatic nitrogens is 1. The fourth-order valence-electron chi connectivity index (χ4n) is 2.23. The zero-order valence-electron chi connectivity index (χ0n) is 12.6. The summed E-state index contributed by atoms with van der Waals surface area (Å²) < 4.78 is 10.1. The van der Waals surface area contributed by atoms with E-state index in [9.17, 15) is 9.59 Å². The van der Waals surface area contributed by atoms with Crippen molar-refractivity contribution in [2.45, 2.75) is 6.92 Å². The van der Waals surface area contributed by atoms with E-state index in [1.165, 1.54) is 18.4 Å². The van der Waals surface area contributed by atoms with Crippen LogP contribution in [0.3, 0.4) is 0 Å². The number of methoxy groups -OCH3 is 1. The van der Waals surface area contributed by atoms with Crippen molar-refractivity contribution in [2.75, 3.05) is 31.0 Å². The predicted molar refractivity (Wildman–Crippen MR) is 86.9 cm³/mol. The van der Waals surface area contributed by atoms with Crippen LogP contribution in [0.4, 0.5) is 10.8 Å². The van der Waals surface area contributed by atoms with Gasteiger partial charge in [-0.05, 0) is 25.1 Å². The highest BCUT2D eigenvalue weighted by atomic mass is 32.1. The van der Waals surface area contributed by atoms with Crippen LogP contribution in [0.25, 0.3) is 11.3 Å². The molecule has 0 spiro atoms. The molecule has 2 heterocycles. The maximum Gasteiger partial charge on any atom is 0.262 e. The second-order valence-corrected chi connectivity index (χ2v) is 6.16. The Morgan fingerprint density at radius 2 is 2.35 bits per heavy atom. The number of amides is 2. The van der Waals surface area contributed by atoms with E-state index in [1.54, 1.807) is 6.07 Å². The van der Waals surface area contributed by atoms with E-state index in [4.69, 9.17) is 9.47 Å². The van der Waals surface area contributed by atoms with E-state index in [0.717, 1.165) is 16.1 Å². The van der Waals surface area contributed by atoms with Crippen LogP contribution in [-0.2, 0) is 14.3 Å². The molecule has 0 atom stereocenters. The Hall–Kier alpha value is -2.45. The van der Waals surface area contributed by atoms with Gasteiger partial charge in [-0.25, -0.2) is 4.98 Å². The molecule has 1 aromatic heterocycles. The lowest BCUT2D eigenvalue weighted by Crippen LogP contribution is -2.25. The number of nitrogens with zero attached hydrogens (tertiary/aromatic N) is 1. The van der Waals surface area contributed by atoms with Gasteiger partial charge in [0.15, 0.2) is 11.7 Å². The third-order valence-electron chi connectivity index (χ3n) is 3.20. The maximum atomic E-state index is 11.6. The van der Waals surface area contributed by atoms with Gasteiger partial charge in [0.1, 0.15) is 12.4 Å². The molecule has 1 aliphatic rings. The zero-order chi connectivity index (χ0) is 16.4. The summed E-state index contributed by atoms with van der Waals surface area (Å²) in [4.78, 5) is 28.4. The Balaban J connectivity index is 1.87. The molecule has 0 bridgehead atoms. The number of thiazole rings is 1. The summed E-state index contributed by atoms with van der Waals surface area (Å²) in [6.07, 6.45) is 0. The molecule has 8 heteroatoms. The van der Waals surface area contributed by atoms with Gasteiger partial charge in [-0.15, -0.1) is 11.3 Å². The summed E-state index contributed by atoms with van der Waals surface area (Å²) in [5, 5.41) is 5.97. The first kappa shape index (κ1) is 15.4. The Labute approximate surface area is 136 Å². The highest BCUT2D eigenvalue weighted by molar-refractivity contribution is 7.16. The second-order valence-electron chi connectivity index (χ2n) is 4.95. The first-order chi connectivity index (χ1) is 11.1. The summed E-state index contributed by atoms with van der Waals surface area (Å²) >= 11 is 1.38. The molecule has 2 amide bonds. The normalized spacial score (nSPS) is 13.0. The standard InChI is InChI=1S/C15H15N3O4S/c1-8-14(18-15(23-8)17-12(19)6-21-2)9-3-4-11-10(5-9)16-13(20)7-22-11/h3-5H,6-7H2,1-2H3,(H,16,20)(H,17,18,19). The summed E-state index contributed by atoms with van der Waals surface area (Å²) in [6.45, 7) is 1.93. The first-order valence-electron chi connectivity index (χ1n) is 6.90. The number of benzene rings is 1. The Kier molecular flexibility index (Phi) is 4.26. The predicted octanol–water partition coefficient (Wildman–Crippen LogP) is 2.03. The largest absolute Gasteiger partial charge is 0.482 e. The number of fused-ring (bicyclic) bond motifs is 1. The SMILES string of the molecule is COCC(=O)Nc1nc(-c2ccc3c(c2)NC(=O)CO3)c(C)s1. The molecule has 0 fully saturated rings. The molecule has 23 heavy (non-hydrogen) atoms. The molecule has 2 N–H and O–H groups in total. The number of rotatable bonds is 4. The van der Waals surface area contributed by atoms with E-state index in [-0.39, 0.29) is 25.0 Å².